The van der Waals surface area contributed by atoms with Crippen LogP contribution in [0.2, 0.25) is 0 Å². The maximum Gasteiger partial charge on any atom is 0.302 e. The minimum absolute atomic E-state index is 0.0486. The van der Waals surface area contributed by atoms with Gasteiger partial charge in [0.1, 0.15) is 6.61 Å². The summed E-state index contributed by atoms with van der Waals surface area (Å²) >= 11 is 0. The molecule has 4 nitrogen and oxygen atoms in total. The molecule has 0 bridgehead atoms. The fourth-order valence-electron chi connectivity index (χ4n) is 12.0. The minimum atomic E-state index is -0.201. The summed E-state index contributed by atoms with van der Waals surface area (Å²) in [7, 11) is 0. The molecule has 186 valence electrons. The van der Waals surface area contributed by atoms with Crippen molar-refractivity contribution < 1.29 is 19.4 Å². The smallest absolute Gasteiger partial charge is 0.302 e. The summed E-state index contributed by atoms with van der Waals surface area (Å²) in [5, 5.41) is 10.9. The van der Waals surface area contributed by atoms with Crippen LogP contribution in [0.15, 0.2) is 0 Å². The summed E-state index contributed by atoms with van der Waals surface area (Å²) in [4.78, 5) is 11.4. The lowest BCUT2D eigenvalue weighted by Gasteiger charge is -2.59. The van der Waals surface area contributed by atoms with Crippen LogP contribution in [0.5, 0.6) is 0 Å². The molecule has 5 saturated carbocycles. The maximum atomic E-state index is 11.4. The summed E-state index contributed by atoms with van der Waals surface area (Å²) in [6.45, 7) is 14.3. The Kier molecular flexibility index (Phi) is 4.84. The maximum absolute atomic E-state index is 11.4. The molecule has 2 spiro atoms. The first kappa shape index (κ1) is 22.8. The molecule has 12 atom stereocenters. The first-order valence-electron chi connectivity index (χ1n) is 14.0. The first-order chi connectivity index (χ1) is 15.5. The second-order valence-corrected chi connectivity index (χ2v) is 14.1. The summed E-state index contributed by atoms with van der Waals surface area (Å²) in [5.41, 5.74) is 1.41. The largest absolute Gasteiger partial charge is 0.463 e. The summed E-state index contributed by atoms with van der Waals surface area (Å²) < 4.78 is 12.0. The van der Waals surface area contributed by atoms with E-state index < -0.39 is 0 Å². The quantitative estimate of drug-likeness (QED) is 0.547. The molecule has 33 heavy (non-hydrogen) atoms. The predicted molar refractivity (Wildman–Crippen MR) is 127 cm³/mol. The summed E-state index contributed by atoms with van der Waals surface area (Å²) in [6, 6.07) is 0. The summed E-state index contributed by atoms with van der Waals surface area (Å²) in [5.74, 6) is 4.12. The zero-order valence-electron chi connectivity index (χ0n) is 21.7. The van der Waals surface area contributed by atoms with Crippen LogP contribution in [0.1, 0.15) is 92.9 Å². The van der Waals surface area contributed by atoms with Crippen molar-refractivity contribution in [3.8, 4) is 0 Å². The van der Waals surface area contributed by atoms with E-state index in [2.05, 4.69) is 34.6 Å². The SMILES string of the molecule is CC(=O)OCC1CC(C)C2C(CC3C4CCC5C(C)(C)C(O)CCC56C(C)C46CCC32C)O1. The Balaban J connectivity index is 1.29. The van der Waals surface area contributed by atoms with Gasteiger partial charge in [0.15, 0.2) is 0 Å². The molecule has 0 amide bonds. The zero-order chi connectivity index (χ0) is 23.6. The molecular weight excluding hydrogens is 412 g/mol. The molecule has 12 unspecified atom stereocenters. The second kappa shape index (κ2) is 6.99. The highest BCUT2D eigenvalue weighted by Gasteiger charge is 2.84. The van der Waals surface area contributed by atoms with E-state index in [0.717, 1.165) is 30.6 Å². The van der Waals surface area contributed by atoms with Gasteiger partial charge in [0.25, 0.3) is 0 Å². The molecule has 5 aliphatic carbocycles. The van der Waals surface area contributed by atoms with Crippen molar-refractivity contribution in [2.75, 3.05) is 6.61 Å². The van der Waals surface area contributed by atoms with Gasteiger partial charge in [-0.2, -0.15) is 0 Å². The number of aliphatic hydroxyl groups excluding tert-OH is 1. The van der Waals surface area contributed by atoms with Crippen molar-refractivity contribution in [1.82, 2.24) is 0 Å². The molecule has 0 aromatic rings. The summed E-state index contributed by atoms with van der Waals surface area (Å²) in [6.07, 6.45) is 10.1. The molecule has 1 aliphatic heterocycles. The highest BCUT2D eigenvalue weighted by Crippen LogP contribution is 2.89. The Morgan fingerprint density at radius 3 is 2.48 bits per heavy atom. The monoisotopic (exact) mass is 458 g/mol. The third-order valence-corrected chi connectivity index (χ3v) is 13.1. The van der Waals surface area contributed by atoms with Gasteiger partial charge in [-0.15, -0.1) is 0 Å². The van der Waals surface area contributed by atoms with Gasteiger partial charge in [0.2, 0.25) is 0 Å². The lowest BCUT2D eigenvalue weighted by atomic mass is 9.46. The average Bonchev–Trinajstić information content (AvgIpc) is 3.11. The molecule has 0 aromatic heterocycles. The molecule has 1 saturated heterocycles. The lowest BCUT2D eigenvalue weighted by Crippen LogP contribution is -2.54. The number of fused-ring (bicyclic) bond motifs is 4. The van der Waals surface area contributed by atoms with Crippen LogP contribution in [-0.2, 0) is 14.3 Å². The Morgan fingerprint density at radius 2 is 1.76 bits per heavy atom. The zero-order valence-corrected chi connectivity index (χ0v) is 21.7. The molecule has 6 aliphatic rings. The van der Waals surface area contributed by atoms with E-state index in [1.165, 1.54) is 45.4 Å². The molecule has 1 N–H and O–H groups in total. The molecule has 0 aromatic carbocycles. The van der Waals surface area contributed by atoms with Crippen molar-refractivity contribution in [1.29, 1.82) is 0 Å². The van der Waals surface area contributed by atoms with Crippen LogP contribution < -0.4 is 0 Å². The van der Waals surface area contributed by atoms with Crippen molar-refractivity contribution >= 4 is 5.97 Å². The fourth-order valence-corrected chi connectivity index (χ4v) is 12.0. The van der Waals surface area contributed by atoms with E-state index in [-0.39, 0.29) is 23.6 Å². The van der Waals surface area contributed by atoms with Crippen LogP contribution in [0.3, 0.4) is 0 Å². The first-order valence-corrected chi connectivity index (χ1v) is 14.0. The Labute approximate surface area is 200 Å². The average molecular weight is 459 g/mol. The number of hydrogen-bond acceptors (Lipinski definition) is 4. The number of hydrogen-bond donors (Lipinski definition) is 1. The van der Waals surface area contributed by atoms with Gasteiger partial charge >= 0.3 is 5.97 Å². The van der Waals surface area contributed by atoms with Crippen LogP contribution in [0.25, 0.3) is 0 Å². The predicted octanol–water partition coefficient (Wildman–Crippen LogP) is 5.61. The normalized spacial score (nSPS) is 58.2. The van der Waals surface area contributed by atoms with Gasteiger partial charge in [-0.05, 0) is 109 Å². The van der Waals surface area contributed by atoms with Crippen LogP contribution in [0.4, 0.5) is 0 Å². The van der Waals surface area contributed by atoms with E-state index in [0.29, 0.717) is 46.7 Å². The van der Waals surface area contributed by atoms with Crippen LogP contribution >= 0.6 is 0 Å². The lowest BCUT2D eigenvalue weighted by molar-refractivity contribution is -0.161. The van der Waals surface area contributed by atoms with Gasteiger partial charge < -0.3 is 14.6 Å². The van der Waals surface area contributed by atoms with Gasteiger partial charge in [-0.25, -0.2) is 0 Å². The number of esters is 1. The van der Waals surface area contributed by atoms with E-state index in [4.69, 9.17) is 9.47 Å². The number of aliphatic hydroxyl groups is 1. The van der Waals surface area contributed by atoms with E-state index in [1.54, 1.807) is 0 Å². The van der Waals surface area contributed by atoms with E-state index in [1.807, 2.05) is 0 Å². The minimum Gasteiger partial charge on any atom is -0.463 e. The second-order valence-electron chi connectivity index (χ2n) is 14.1. The highest BCUT2D eigenvalue weighted by molar-refractivity contribution is 5.65. The van der Waals surface area contributed by atoms with Crippen molar-refractivity contribution in [3.63, 3.8) is 0 Å². The number of carbonyl (C=O) groups excluding carboxylic acids is 1. The van der Waals surface area contributed by atoms with Gasteiger partial charge in [-0.1, -0.05) is 34.6 Å². The van der Waals surface area contributed by atoms with E-state index >= 15 is 0 Å². The molecular formula is C29H46O4. The third-order valence-electron chi connectivity index (χ3n) is 13.1. The third kappa shape index (κ3) is 2.64. The topological polar surface area (TPSA) is 55.8 Å². The number of ether oxygens (including phenoxy) is 2. The molecule has 4 heteroatoms. The molecule has 6 rings (SSSR count). The van der Waals surface area contributed by atoms with Crippen LogP contribution in [-0.4, -0.2) is 36.0 Å². The Hall–Kier alpha value is -0.610. The van der Waals surface area contributed by atoms with Gasteiger partial charge in [-0.3, -0.25) is 4.79 Å². The molecule has 6 fully saturated rings. The molecule has 1 heterocycles. The van der Waals surface area contributed by atoms with Gasteiger partial charge in [0, 0.05) is 6.92 Å². The number of rotatable bonds is 2. The number of carbonyl (C=O) groups is 1. The van der Waals surface area contributed by atoms with Crippen molar-refractivity contribution in [3.05, 3.63) is 0 Å². The van der Waals surface area contributed by atoms with E-state index in [9.17, 15) is 9.90 Å². The van der Waals surface area contributed by atoms with Gasteiger partial charge in [0.05, 0.1) is 18.3 Å². The van der Waals surface area contributed by atoms with Crippen molar-refractivity contribution in [2.24, 2.45) is 57.2 Å². The highest BCUT2D eigenvalue weighted by atomic mass is 16.6. The molecule has 0 radical (unpaired) electrons. The van der Waals surface area contributed by atoms with Crippen molar-refractivity contribution in [2.45, 2.75) is 111 Å². The Morgan fingerprint density at radius 1 is 1.00 bits per heavy atom. The Bertz CT molecular complexity index is 837. The standard InChI is InChI=1S/C29H46O4/c1-16-13-19(15-32-18(3)30)33-22-14-21-20-7-8-23-26(4,5)24(31)9-10-29(23)17(2)28(20,29)12-11-27(21,6)25(16)22/h16-17,19-25,31H,7-15H2,1-6H3. The van der Waals surface area contributed by atoms with Crippen LogP contribution in [0, 0.1) is 57.2 Å². The fraction of sp³-hybridized carbons (Fsp3) is 0.966.